The standard InChI is InChI=1S/C5H7N3/c1-6-2-5-3-7-8-4-5/h3-4H,1-2H2,(H,7,8). The molecule has 0 amide bonds. The summed E-state index contributed by atoms with van der Waals surface area (Å²) in [5, 5.41) is 6.40. The van der Waals surface area contributed by atoms with Gasteiger partial charge in [-0.05, 0) is 6.72 Å². The van der Waals surface area contributed by atoms with E-state index in [1.165, 1.54) is 0 Å². The third kappa shape index (κ3) is 0.932. The fourth-order valence-corrected chi connectivity index (χ4v) is 0.493. The lowest BCUT2D eigenvalue weighted by Crippen LogP contribution is -1.71. The highest BCUT2D eigenvalue weighted by atomic mass is 15.1. The van der Waals surface area contributed by atoms with Crippen LogP contribution in [0.3, 0.4) is 0 Å². The van der Waals surface area contributed by atoms with Crippen LogP contribution in [0.1, 0.15) is 5.56 Å². The Morgan fingerprint density at radius 2 is 2.75 bits per heavy atom. The zero-order valence-electron chi connectivity index (χ0n) is 4.46. The molecule has 1 N–H and O–H groups in total. The predicted molar refractivity (Wildman–Crippen MR) is 31.8 cm³/mol. The van der Waals surface area contributed by atoms with Crippen LogP contribution in [0, 0.1) is 0 Å². The van der Waals surface area contributed by atoms with E-state index >= 15 is 0 Å². The second kappa shape index (κ2) is 2.26. The SMILES string of the molecule is C=NCc1cn[nH]c1. The minimum atomic E-state index is 0.649. The monoisotopic (exact) mass is 109 g/mol. The third-order valence-corrected chi connectivity index (χ3v) is 0.849. The van der Waals surface area contributed by atoms with Gasteiger partial charge in [0.1, 0.15) is 0 Å². The number of nitrogens with zero attached hydrogens (tertiary/aromatic N) is 2. The number of aromatic amines is 1. The van der Waals surface area contributed by atoms with Crippen LogP contribution in [-0.4, -0.2) is 16.9 Å². The van der Waals surface area contributed by atoms with Crippen LogP contribution in [0.5, 0.6) is 0 Å². The zero-order valence-corrected chi connectivity index (χ0v) is 4.46. The summed E-state index contributed by atoms with van der Waals surface area (Å²) in [6.45, 7) is 3.99. The summed E-state index contributed by atoms with van der Waals surface area (Å²) in [7, 11) is 0. The smallest absolute Gasteiger partial charge is 0.0663 e. The molecule has 0 unspecified atom stereocenters. The van der Waals surface area contributed by atoms with Crippen molar-refractivity contribution in [3.05, 3.63) is 18.0 Å². The van der Waals surface area contributed by atoms with E-state index in [1.54, 1.807) is 12.4 Å². The Balaban J connectivity index is 2.62. The average molecular weight is 109 g/mol. The van der Waals surface area contributed by atoms with Gasteiger partial charge in [0.25, 0.3) is 0 Å². The van der Waals surface area contributed by atoms with Crippen molar-refractivity contribution in [2.45, 2.75) is 6.54 Å². The van der Waals surface area contributed by atoms with Crippen LogP contribution in [0.4, 0.5) is 0 Å². The quantitative estimate of drug-likeness (QED) is 0.555. The largest absolute Gasteiger partial charge is 0.296 e. The highest BCUT2D eigenvalue weighted by molar-refractivity contribution is 5.24. The lowest BCUT2D eigenvalue weighted by atomic mass is 10.4. The maximum atomic E-state index is 3.73. The second-order valence-corrected chi connectivity index (χ2v) is 1.49. The van der Waals surface area contributed by atoms with Crippen molar-refractivity contribution >= 4 is 6.72 Å². The van der Waals surface area contributed by atoms with Gasteiger partial charge >= 0.3 is 0 Å². The molecule has 1 aromatic heterocycles. The fourth-order valence-electron chi connectivity index (χ4n) is 0.493. The first-order valence-corrected chi connectivity index (χ1v) is 2.33. The molecule has 0 aliphatic carbocycles. The highest BCUT2D eigenvalue weighted by Crippen LogP contribution is 1.93. The molecule has 0 spiro atoms. The van der Waals surface area contributed by atoms with Crippen molar-refractivity contribution < 1.29 is 0 Å². The second-order valence-electron chi connectivity index (χ2n) is 1.49. The first-order valence-electron chi connectivity index (χ1n) is 2.33. The maximum Gasteiger partial charge on any atom is 0.0663 e. The minimum absolute atomic E-state index is 0.649. The van der Waals surface area contributed by atoms with Gasteiger partial charge in [0.15, 0.2) is 0 Å². The Bertz CT molecular complexity index is 154. The van der Waals surface area contributed by atoms with Gasteiger partial charge in [-0.2, -0.15) is 5.10 Å². The average Bonchev–Trinajstić information content (AvgIpc) is 2.19. The fraction of sp³-hybridized carbons (Fsp3) is 0.200. The summed E-state index contributed by atoms with van der Waals surface area (Å²) in [4.78, 5) is 3.67. The maximum absolute atomic E-state index is 3.73. The first-order chi connectivity index (χ1) is 3.93. The van der Waals surface area contributed by atoms with Crippen LogP contribution < -0.4 is 0 Å². The number of nitrogens with one attached hydrogen (secondary N) is 1. The summed E-state index contributed by atoms with van der Waals surface area (Å²) in [5.74, 6) is 0. The van der Waals surface area contributed by atoms with Gasteiger partial charge < -0.3 is 0 Å². The number of hydrogen-bond acceptors (Lipinski definition) is 2. The van der Waals surface area contributed by atoms with E-state index in [2.05, 4.69) is 21.9 Å². The molecule has 8 heavy (non-hydrogen) atoms. The van der Waals surface area contributed by atoms with Gasteiger partial charge in [0.05, 0.1) is 12.7 Å². The van der Waals surface area contributed by atoms with E-state index < -0.39 is 0 Å². The Morgan fingerprint density at radius 3 is 3.25 bits per heavy atom. The number of aromatic nitrogens is 2. The van der Waals surface area contributed by atoms with Crippen molar-refractivity contribution in [3.8, 4) is 0 Å². The van der Waals surface area contributed by atoms with E-state index in [-0.39, 0.29) is 0 Å². The molecule has 1 rings (SSSR count). The van der Waals surface area contributed by atoms with Crippen LogP contribution in [0.15, 0.2) is 17.4 Å². The molecule has 0 aliphatic heterocycles. The van der Waals surface area contributed by atoms with Crippen molar-refractivity contribution in [2.24, 2.45) is 4.99 Å². The summed E-state index contributed by atoms with van der Waals surface area (Å²) >= 11 is 0. The van der Waals surface area contributed by atoms with E-state index in [0.717, 1.165) is 5.56 Å². The molecule has 0 fully saturated rings. The molecular weight excluding hydrogens is 102 g/mol. The third-order valence-electron chi connectivity index (χ3n) is 0.849. The van der Waals surface area contributed by atoms with Crippen LogP contribution in [0.25, 0.3) is 0 Å². The van der Waals surface area contributed by atoms with Gasteiger partial charge in [0.2, 0.25) is 0 Å². The molecule has 0 bridgehead atoms. The van der Waals surface area contributed by atoms with Crippen LogP contribution in [-0.2, 0) is 6.54 Å². The Hall–Kier alpha value is -1.12. The van der Waals surface area contributed by atoms with Gasteiger partial charge in [-0.3, -0.25) is 10.1 Å². The van der Waals surface area contributed by atoms with Crippen molar-refractivity contribution in [1.82, 2.24) is 10.2 Å². The molecule has 3 nitrogen and oxygen atoms in total. The van der Waals surface area contributed by atoms with E-state index in [0.29, 0.717) is 6.54 Å². The number of rotatable bonds is 2. The Morgan fingerprint density at radius 1 is 1.88 bits per heavy atom. The van der Waals surface area contributed by atoms with Gasteiger partial charge in [-0.1, -0.05) is 0 Å². The highest BCUT2D eigenvalue weighted by Gasteiger charge is 1.85. The predicted octanol–water partition coefficient (Wildman–Crippen LogP) is 0.610. The van der Waals surface area contributed by atoms with Gasteiger partial charge in [-0.25, -0.2) is 0 Å². The normalized spacial score (nSPS) is 9.00. The number of H-pyrrole nitrogens is 1. The van der Waals surface area contributed by atoms with Crippen molar-refractivity contribution in [2.75, 3.05) is 0 Å². The molecule has 0 radical (unpaired) electrons. The van der Waals surface area contributed by atoms with Gasteiger partial charge in [-0.15, -0.1) is 0 Å². The Labute approximate surface area is 47.5 Å². The summed E-state index contributed by atoms with van der Waals surface area (Å²) in [6.07, 6.45) is 3.53. The number of aliphatic imine (C=N–C) groups is 1. The molecule has 0 aromatic carbocycles. The molecule has 1 heterocycles. The van der Waals surface area contributed by atoms with E-state index in [1.807, 2.05) is 0 Å². The molecule has 1 aromatic rings. The lowest BCUT2D eigenvalue weighted by molar-refractivity contribution is 1.09. The minimum Gasteiger partial charge on any atom is -0.296 e. The molecule has 0 atom stereocenters. The van der Waals surface area contributed by atoms with Gasteiger partial charge in [0, 0.05) is 11.8 Å². The molecule has 0 saturated heterocycles. The van der Waals surface area contributed by atoms with E-state index in [9.17, 15) is 0 Å². The Kier molecular flexibility index (Phi) is 1.42. The van der Waals surface area contributed by atoms with Crippen molar-refractivity contribution in [1.29, 1.82) is 0 Å². The zero-order chi connectivity index (χ0) is 5.82. The summed E-state index contributed by atoms with van der Waals surface area (Å²) in [5.41, 5.74) is 1.07. The summed E-state index contributed by atoms with van der Waals surface area (Å²) in [6, 6.07) is 0. The van der Waals surface area contributed by atoms with Crippen LogP contribution >= 0.6 is 0 Å². The van der Waals surface area contributed by atoms with E-state index in [4.69, 9.17) is 0 Å². The number of hydrogen-bond donors (Lipinski definition) is 1. The first kappa shape index (κ1) is 5.03. The molecular formula is C5H7N3. The topological polar surface area (TPSA) is 41.0 Å². The molecule has 0 aliphatic rings. The van der Waals surface area contributed by atoms with Crippen molar-refractivity contribution in [3.63, 3.8) is 0 Å². The van der Waals surface area contributed by atoms with Crippen LogP contribution in [0.2, 0.25) is 0 Å². The summed E-state index contributed by atoms with van der Waals surface area (Å²) < 4.78 is 0. The lowest BCUT2D eigenvalue weighted by Gasteiger charge is -1.80. The molecule has 3 heteroatoms. The molecule has 42 valence electrons. The molecule has 0 saturated carbocycles.